The number of hydrogen-bond donors (Lipinski definition) is 0. The van der Waals surface area contributed by atoms with E-state index in [1.165, 1.54) is 0 Å². The highest BCUT2D eigenvalue weighted by atomic mass is 35.5. The first-order chi connectivity index (χ1) is 16.6. The van der Waals surface area contributed by atoms with Crippen molar-refractivity contribution in [2.45, 2.75) is 19.7 Å². The highest BCUT2D eigenvalue weighted by Gasteiger charge is 2.14. The van der Waals surface area contributed by atoms with Gasteiger partial charge in [0, 0.05) is 42.2 Å². The van der Waals surface area contributed by atoms with E-state index in [4.69, 9.17) is 26.1 Å². The third-order valence-electron chi connectivity index (χ3n) is 5.49. The van der Waals surface area contributed by atoms with Crippen molar-refractivity contribution in [1.82, 2.24) is 14.8 Å². The van der Waals surface area contributed by atoms with Gasteiger partial charge in [-0.1, -0.05) is 41.9 Å². The first-order valence-electron chi connectivity index (χ1n) is 11.2. The van der Waals surface area contributed by atoms with E-state index >= 15 is 0 Å². The largest absolute Gasteiger partial charge is 0.489 e. The number of thiazole rings is 1. The minimum Gasteiger partial charge on any atom is -0.489 e. The lowest BCUT2D eigenvalue weighted by Crippen LogP contribution is -2.35. The lowest BCUT2D eigenvalue weighted by molar-refractivity contribution is -0.125. The van der Waals surface area contributed by atoms with Gasteiger partial charge in [0.25, 0.3) is 0 Å². The molecule has 0 aliphatic carbocycles. The molecule has 0 N–H and O–H groups in total. The molecule has 0 bridgehead atoms. The van der Waals surface area contributed by atoms with Gasteiger partial charge in [-0.05, 0) is 29.8 Å². The van der Waals surface area contributed by atoms with Crippen LogP contribution in [0.1, 0.15) is 21.8 Å². The number of nitrogens with zero attached hydrogens (tertiary/aromatic N) is 3. The van der Waals surface area contributed by atoms with Crippen LogP contribution < -0.4 is 4.74 Å². The fourth-order valence-corrected chi connectivity index (χ4v) is 4.53. The Hall–Kier alpha value is -2.71. The van der Waals surface area contributed by atoms with Crippen molar-refractivity contribution < 1.29 is 14.3 Å². The number of aromatic nitrogens is 1. The standard InChI is InChI=1S/C26H28ClN3O3S/c1-29(16-22-19-34-25(28-22)17-30-12-14-32-15-13-30)26(31)11-8-20-6-9-23(10-7-20)33-18-21-4-2-3-5-24(21)27/h2-11,19H,12-18H2,1H3/b11-8+. The lowest BCUT2D eigenvalue weighted by atomic mass is 10.2. The molecule has 2 aromatic carbocycles. The van der Waals surface area contributed by atoms with E-state index in [9.17, 15) is 4.79 Å². The maximum absolute atomic E-state index is 12.6. The zero-order chi connectivity index (χ0) is 23.8. The van der Waals surface area contributed by atoms with Gasteiger partial charge in [-0.25, -0.2) is 4.98 Å². The summed E-state index contributed by atoms with van der Waals surface area (Å²) in [4.78, 5) is 21.3. The summed E-state index contributed by atoms with van der Waals surface area (Å²) in [6.07, 6.45) is 3.39. The summed E-state index contributed by atoms with van der Waals surface area (Å²) in [5.41, 5.74) is 2.78. The van der Waals surface area contributed by atoms with Crippen LogP contribution >= 0.6 is 22.9 Å². The average molecular weight is 498 g/mol. The van der Waals surface area contributed by atoms with Crippen LogP contribution in [0, 0.1) is 0 Å². The summed E-state index contributed by atoms with van der Waals surface area (Å²) in [5.74, 6) is 0.679. The molecule has 1 aliphatic heterocycles. The Kier molecular flexibility index (Phi) is 8.71. The summed E-state index contributed by atoms with van der Waals surface area (Å²) < 4.78 is 11.2. The van der Waals surface area contributed by atoms with Crippen LogP contribution in [0.2, 0.25) is 5.02 Å². The second-order valence-corrected chi connectivity index (χ2v) is 9.45. The van der Waals surface area contributed by atoms with Crippen LogP contribution in [0.25, 0.3) is 6.08 Å². The number of morpholine rings is 1. The molecule has 1 aliphatic rings. The average Bonchev–Trinajstić information content (AvgIpc) is 3.29. The van der Waals surface area contributed by atoms with E-state index in [-0.39, 0.29) is 5.91 Å². The molecule has 6 nitrogen and oxygen atoms in total. The zero-order valence-electron chi connectivity index (χ0n) is 19.2. The van der Waals surface area contributed by atoms with E-state index in [0.717, 1.165) is 60.4 Å². The van der Waals surface area contributed by atoms with Gasteiger partial charge in [-0.15, -0.1) is 11.3 Å². The van der Waals surface area contributed by atoms with Crippen molar-refractivity contribution in [3.63, 3.8) is 0 Å². The predicted octanol–water partition coefficient (Wildman–Crippen LogP) is 4.88. The molecule has 0 radical (unpaired) electrons. The van der Waals surface area contributed by atoms with Crippen molar-refractivity contribution in [1.29, 1.82) is 0 Å². The Morgan fingerprint density at radius 1 is 1.21 bits per heavy atom. The van der Waals surface area contributed by atoms with E-state index in [1.54, 1.807) is 29.4 Å². The number of benzene rings is 2. The molecule has 2 heterocycles. The fraction of sp³-hybridized carbons (Fsp3) is 0.308. The molecule has 178 valence electrons. The number of amides is 1. The number of ether oxygens (including phenoxy) is 2. The van der Waals surface area contributed by atoms with E-state index in [2.05, 4.69) is 4.90 Å². The number of carbonyl (C=O) groups excluding carboxylic acids is 1. The summed E-state index contributed by atoms with van der Waals surface area (Å²) in [6, 6.07) is 15.2. The molecular formula is C26H28ClN3O3S. The van der Waals surface area contributed by atoms with Crippen LogP contribution in [0.15, 0.2) is 60.0 Å². The van der Waals surface area contributed by atoms with Crippen LogP contribution in [-0.2, 0) is 29.2 Å². The highest BCUT2D eigenvalue weighted by molar-refractivity contribution is 7.09. The Morgan fingerprint density at radius 2 is 1.97 bits per heavy atom. The topological polar surface area (TPSA) is 54.9 Å². The maximum atomic E-state index is 12.6. The van der Waals surface area contributed by atoms with Crippen LogP contribution in [0.3, 0.4) is 0 Å². The fourth-order valence-electron chi connectivity index (χ4n) is 3.51. The summed E-state index contributed by atoms with van der Waals surface area (Å²) in [5, 5.41) is 3.80. The van der Waals surface area contributed by atoms with Crippen molar-refractivity contribution in [3.8, 4) is 5.75 Å². The second kappa shape index (κ2) is 12.1. The quantitative estimate of drug-likeness (QED) is 0.394. The molecule has 34 heavy (non-hydrogen) atoms. The maximum Gasteiger partial charge on any atom is 0.246 e. The Balaban J connectivity index is 1.24. The zero-order valence-corrected chi connectivity index (χ0v) is 20.7. The van der Waals surface area contributed by atoms with Gasteiger partial charge in [0.15, 0.2) is 0 Å². The molecule has 4 rings (SSSR count). The van der Waals surface area contributed by atoms with Crippen LogP contribution in [0.5, 0.6) is 5.75 Å². The van der Waals surface area contributed by atoms with E-state index < -0.39 is 0 Å². The summed E-state index contributed by atoms with van der Waals surface area (Å²) in [7, 11) is 1.79. The molecule has 0 saturated carbocycles. The predicted molar refractivity (Wildman–Crippen MR) is 136 cm³/mol. The summed E-state index contributed by atoms with van der Waals surface area (Å²) in [6.45, 7) is 5.16. The molecule has 3 aromatic rings. The first-order valence-corrected chi connectivity index (χ1v) is 12.5. The molecule has 8 heteroatoms. The minimum atomic E-state index is -0.0678. The molecular weight excluding hydrogens is 470 g/mol. The third-order valence-corrected chi connectivity index (χ3v) is 6.74. The van der Waals surface area contributed by atoms with Crippen LogP contribution in [-0.4, -0.2) is 54.0 Å². The summed E-state index contributed by atoms with van der Waals surface area (Å²) >= 11 is 7.81. The SMILES string of the molecule is CN(Cc1csc(CN2CCOCC2)n1)C(=O)/C=C/c1ccc(OCc2ccccc2Cl)cc1. The number of hydrogen-bond acceptors (Lipinski definition) is 6. The number of likely N-dealkylation sites (N-methyl/N-ethyl adjacent to an activating group) is 1. The van der Waals surface area contributed by atoms with Crippen molar-refractivity contribution in [3.05, 3.63) is 86.8 Å². The van der Waals surface area contributed by atoms with E-state index in [0.29, 0.717) is 18.2 Å². The molecule has 1 fully saturated rings. The smallest absolute Gasteiger partial charge is 0.246 e. The van der Waals surface area contributed by atoms with Gasteiger partial charge in [0.1, 0.15) is 17.4 Å². The van der Waals surface area contributed by atoms with Gasteiger partial charge in [0.2, 0.25) is 5.91 Å². The number of halogens is 1. The minimum absolute atomic E-state index is 0.0678. The second-order valence-electron chi connectivity index (χ2n) is 8.10. The first kappa shape index (κ1) is 24.4. The Morgan fingerprint density at radius 3 is 2.74 bits per heavy atom. The Labute approximate surface area is 209 Å². The highest BCUT2D eigenvalue weighted by Crippen LogP contribution is 2.19. The van der Waals surface area contributed by atoms with E-state index in [1.807, 2.05) is 60.0 Å². The van der Waals surface area contributed by atoms with Crippen molar-refractivity contribution in [2.24, 2.45) is 0 Å². The van der Waals surface area contributed by atoms with Crippen molar-refractivity contribution in [2.75, 3.05) is 33.4 Å². The van der Waals surface area contributed by atoms with Crippen LogP contribution in [0.4, 0.5) is 0 Å². The molecule has 1 aromatic heterocycles. The Bertz CT molecular complexity index is 1110. The molecule has 0 unspecified atom stereocenters. The normalized spacial score (nSPS) is 14.4. The third kappa shape index (κ3) is 7.14. The van der Waals surface area contributed by atoms with Gasteiger partial charge < -0.3 is 14.4 Å². The molecule has 1 amide bonds. The molecule has 1 saturated heterocycles. The molecule has 0 atom stereocenters. The number of rotatable bonds is 9. The van der Waals surface area contributed by atoms with Crippen molar-refractivity contribution >= 4 is 34.9 Å². The van der Waals surface area contributed by atoms with Gasteiger partial charge in [-0.2, -0.15) is 0 Å². The van der Waals surface area contributed by atoms with Gasteiger partial charge in [0.05, 0.1) is 32.0 Å². The number of carbonyl (C=O) groups is 1. The van der Waals surface area contributed by atoms with Gasteiger partial charge in [-0.3, -0.25) is 9.69 Å². The molecule has 0 spiro atoms. The monoisotopic (exact) mass is 497 g/mol. The lowest BCUT2D eigenvalue weighted by Gasteiger charge is -2.25. The van der Waals surface area contributed by atoms with Gasteiger partial charge >= 0.3 is 0 Å².